The number of aryl methyl sites for hydroxylation is 1. The first-order valence-corrected chi connectivity index (χ1v) is 11.4. The Balaban J connectivity index is 1.60. The minimum Gasteiger partial charge on any atom is -0.450 e. The molecule has 1 atom stereocenters. The molecule has 0 N–H and O–H groups in total. The normalized spacial score (nSPS) is 19.0. The molecule has 7 heteroatoms. The summed E-state index contributed by atoms with van der Waals surface area (Å²) in [6, 6.07) is 12.6. The lowest BCUT2D eigenvalue weighted by molar-refractivity contribution is 0.0314. The quantitative estimate of drug-likeness (QED) is 0.587. The Morgan fingerprint density at radius 1 is 1.03 bits per heavy atom. The Hall–Kier alpha value is -2.67. The van der Waals surface area contributed by atoms with Crippen LogP contribution in [0, 0.1) is 0 Å². The van der Waals surface area contributed by atoms with E-state index in [0.717, 1.165) is 25.1 Å². The summed E-state index contributed by atoms with van der Waals surface area (Å²) in [4.78, 5) is 31.1. The van der Waals surface area contributed by atoms with Crippen LogP contribution in [0.5, 0.6) is 0 Å². The van der Waals surface area contributed by atoms with Crippen molar-refractivity contribution < 1.29 is 13.9 Å². The summed E-state index contributed by atoms with van der Waals surface area (Å²) >= 11 is 6.15. The number of ether oxygens (including phenoxy) is 1. The number of hydrogen-bond donors (Lipinski definition) is 0. The standard InChI is InChI=1S/C25H25ClN2O4/c1-2-16-3-5-17(6-4-16)22-21-23(29)19-15-18(26)7-8-20(19)32-24(21)25(30)28(22)10-9-27-11-13-31-14-12-27/h3-8,15,22H,2,9-14H2,1H3. The number of halogens is 1. The molecule has 0 spiro atoms. The van der Waals surface area contributed by atoms with Crippen LogP contribution in [0.25, 0.3) is 11.0 Å². The van der Waals surface area contributed by atoms with E-state index in [1.807, 2.05) is 12.1 Å². The second-order valence-electron chi connectivity index (χ2n) is 8.26. The van der Waals surface area contributed by atoms with Gasteiger partial charge in [-0.25, -0.2) is 0 Å². The molecular weight excluding hydrogens is 428 g/mol. The van der Waals surface area contributed by atoms with E-state index in [0.29, 0.717) is 47.9 Å². The van der Waals surface area contributed by atoms with E-state index in [4.69, 9.17) is 20.8 Å². The van der Waals surface area contributed by atoms with Crippen LogP contribution in [0.1, 0.15) is 40.2 Å². The van der Waals surface area contributed by atoms with E-state index in [9.17, 15) is 9.59 Å². The molecule has 3 heterocycles. The fraction of sp³-hybridized carbons (Fsp3) is 0.360. The number of morpholine rings is 1. The molecule has 1 unspecified atom stereocenters. The average Bonchev–Trinajstić information content (AvgIpc) is 3.10. The van der Waals surface area contributed by atoms with Crippen LogP contribution < -0.4 is 5.43 Å². The number of benzene rings is 2. The summed E-state index contributed by atoms with van der Waals surface area (Å²) in [5.74, 6) is -0.108. The number of rotatable bonds is 5. The topological polar surface area (TPSA) is 63.0 Å². The highest BCUT2D eigenvalue weighted by Crippen LogP contribution is 2.38. The van der Waals surface area contributed by atoms with Crippen LogP contribution in [0.15, 0.2) is 51.7 Å². The molecule has 0 aliphatic carbocycles. The molecule has 1 fully saturated rings. The predicted molar refractivity (Wildman–Crippen MR) is 123 cm³/mol. The number of nitrogens with zero attached hydrogens (tertiary/aromatic N) is 2. The van der Waals surface area contributed by atoms with Gasteiger partial charge in [0, 0.05) is 31.2 Å². The summed E-state index contributed by atoms with van der Waals surface area (Å²) in [7, 11) is 0. The van der Waals surface area contributed by atoms with Crippen molar-refractivity contribution in [1.29, 1.82) is 0 Å². The van der Waals surface area contributed by atoms with Crippen molar-refractivity contribution in [3.63, 3.8) is 0 Å². The molecule has 0 radical (unpaired) electrons. The van der Waals surface area contributed by atoms with Crippen LogP contribution in [-0.4, -0.2) is 55.1 Å². The van der Waals surface area contributed by atoms with E-state index < -0.39 is 6.04 Å². The van der Waals surface area contributed by atoms with E-state index in [1.54, 1.807) is 23.1 Å². The highest BCUT2D eigenvalue weighted by molar-refractivity contribution is 6.31. The maximum Gasteiger partial charge on any atom is 0.290 e. The van der Waals surface area contributed by atoms with Crippen molar-refractivity contribution in [3.8, 4) is 0 Å². The molecule has 2 aliphatic rings. The van der Waals surface area contributed by atoms with Gasteiger partial charge in [0.05, 0.1) is 30.2 Å². The van der Waals surface area contributed by atoms with Crippen LogP contribution in [0.3, 0.4) is 0 Å². The zero-order chi connectivity index (χ0) is 22.2. The lowest BCUT2D eigenvalue weighted by atomic mass is 9.97. The zero-order valence-electron chi connectivity index (χ0n) is 18.0. The first-order chi connectivity index (χ1) is 15.6. The van der Waals surface area contributed by atoms with Gasteiger partial charge in [-0.2, -0.15) is 0 Å². The van der Waals surface area contributed by atoms with Crippen molar-refractivity contribution >= 4 is 28.5 Å². The van der Waals surface area contributed by atoms with Gasteiger partial charge in [-0.1, -0.05) is 42.8 Å². The first-order valence-electron chi connectivity index (χ1n) is 11.0. The monoisotopic (exact) mass is 452 g/mol. The third kappa shape index (κ3) is 3.72. The number of hydrogen-bond acceptors (Lipinski definition) is 5. The third-order valence-electron chi connectivity index (χ3n) is 6.39. The van der Waals surface area contributed by atoms with Crippen molar-refractivity contribution in [2.45, 2.75) is 19.4 Å². The second-order valence-corrected chi connectivity index (χ2v) is 8.70. The maximum atomic E-state index is 13.6. The van der Waals surface area contributed by atoms with Gasteiger partial charge in [0.15, 0.2) is 5.43 Å². The molecular formula is C25H25ClN2O4. The Labute approximate surface area is 191 Å². The first kappa shape index (κ1) is 21.2. The van der Waals surface area contributed by atoms with Gasteiger partial charge in [0.2, 0.25) is 5.76 Å². The minimum absolute atomic E-state index is 0.136. The molecule has 0 bridgehead atoms. The van der Waals surface area contributed by atoms with E-state index >= 15 is 0 Å². The number of carbonyl (C=O) groups is 1. The smallest absolute Gasteiger partial charge is 0.290 e. The van der Waals surface area contributed by atoms with E-state index in [2.05, 4.69) is 24.0 Å². The highest BCUT2D eigenvalue weighted by atomic mass is 35.5. The van der Waals surface area contributed by atoms with Gasteiger partial charge < -0.3 is 14.1 Å². The number of fused-ring (bicyclic) bond motifs is 2. The average molecular weight is 453 g/mol. The van der Waals surface area contributed by atoms with E-state index in [1.165, 1.54) is 5.56 Å². The molecule has 2 aromatic carbocycles. The Bertz CT molecular complexity index is 1220. The molecule has 5 rings (SSSR count). The van der Waals surface area contributed by atoms with Crippen molar-refractivity contribution in [2.75, 3.05) is 39.4 Å². The van der Waals surface area contributed by atoms with E-state index in [-0.39, 0.29) is 17.1 Å². The SMILES string of the molecule is CCc1ccc(C2c3c(oc4ccc(Cl)cc4c3=O)C(=O)N2CCN2CCOCC2)cc1. The zero-order valence-corrected chi connectivity index (χ0v) is 18.7. The van der Waals surface area contributed by atoms with Crippen LogP contribution in [0.2, 0.25) is 5.02 Å². The fourth-order valence-electron chi connectivity index (χ4n) is 4.58. The van der Waals surface area contributed by atoms with Gasteiger partial charge in [-0.3, -0.25) is 14.5 Å². The summed E-state index contributed by atoms with van der Waals surface area (Å²) in [5, 5.41) is 0.858. The number of amides is 1. The Morgan fingerprint density at radius 2 is 1.78 bits per heavy atom. The van der Waals surface area contributed by atoms with Gasteiger partial charge in [0.1, 0.15) is 5.58 Å². The van der Waals surface area contributed by atoms with Crippen molar-refractivity contribution in [3.05, 3.63) is 80.2 Å². The maximum absolute atomic E-state index is 13.6. The minimum atomic E-state index is -0.482. The fourth-order valence-corrected chi connectivity index (χ4v) is 4.75. The summed E-state index contributed by atoms with van der Waals surface area (Å²) in [6.45, 7) is 6.38. The molecule has 6 nitrogen and oxygen atoms in total. The largest absolute Gasteiger partial charge is 0.450 e. The molecule has 32 heavy (non-hydrogen) atoms. The predicted octanol–water partition coefficient (Wildman–Crippen LogP) is 3.89. The van der Waals surface area contributed by atoms with Crippen LogP contribution in [0.4, 0.5) is 0 Å². The van der Waals surface area contributed by atoms with Crippen molar-refractivity contribution in [1.82, 2.24) is 9.80 Å². The molecule has 166 valence electrons. The van der Waals surface area contributed by atoms with Gasteiger partial charge in [-0.05, 0) is 35.7 Å². The summed E-state index contributed by atoms with van der Waals surface area (Å²) in [5.41, 5.74) is 2.69. The lowest BCUT2D eigenvalue weighted by Crippen LogP contribution is -2.42. The van der Waals surface area contributed by atoms with Crippen LogP contribution in [-0.2, 0) is 11.2 Å². The Morgan fingerprint density at radius 3 is 2.50 bits per heavy atom. The third-order valence-corrected chi connectivity index (χ3v) is 6.63. The van der Waals surface area contributed by atoms with Crippen LogP contribution >= 0.6 is 11.6 Å². The summed E-state index contributed by atoms with van der Waals surface area (Å²) < 4.78 is 11.4. The number of carbonyl (C=O) groups excluding carboxylic acids is 1. The molecule has 1 aromatic heterocycles. The molecule has 0 saturated carbocycles. The molecule has 1 amide bonds. The lowest BCUT2D eigenvalue weighted by Gasteiger charge is -2.31. The molecule has 2 aliphatic heterocycles. The highest BCUT2D eigenvalue weighted by Gasteiger charge is 2.42. The van der Waals surface area contributed by atoms with Crippen molar-refractivity contribution in [2.24, 2.45) is 0 Å². The summed E-state index contributed by atoms with van der Waals surface area (Å²) in [6.07, 6.45) is 0.923. The second kappa shape index (κ2) is 8.70. The van der Waals surface area contributed by atoms with Gasteiger partial charge >= 0.3 is 0 Å². The molecule has 1 saturated heterocycles. The van der Waals surface area contributed by atoms with Gasteiger partial charge in [-0.15, -0.1) is 0 Å². The van der Waals surface area contributed by atoms with Gasteiger partial charge in [0.25, 0.3) is 5.91 Å². The Kier molecular flexibility index (Phi) is 5.76. The molecule has 3 aromatic rings.